The zero-order chi connectivity index (χ0) is 20.2. The minimum absolute atomic E-state index is 0.0998. The van der Waals surface area contributed by atoms with Crippen LogP contribution in [0.3, 0.4) is 0 Å². The molecule has 1 aliphatic rings. The van der Waals surface area contributed by atoms with Crippen LogP contribution >= 0.6 is 24.0 Å². The molecular formula is C24H19NO2S2. The molecule has 1 heterocycles. The van der Waals surface area contributed by atoms with Crippen molar-refractivity contribution < 1.29 is 9.53 Å². The van der Waals surface area contributed by atoms with E-state index in [0.29, 0.717) is 15.8 Å². The summed E-state index contributed by atoms with van der Waals surface area (Å²) in [6.45, 7) is 2.56. The molecule has 0 saturated carbocycles. The Kier molecular flexibility index (Phi) is 5.79. The van der Waals surface area contributed by atoms with Crippen LogP contribution in [0, 0.1) is 6.92 Å². The van der Waals surface area contributed by atoms with Gasteiger partial charge in [0.2, 0.25) is 0 Å². The van der Waals surface area contributed by atoms with Crippen molar-refractivity contribution in [1.82, 2.24) is 0 Å². The highest BCUT2D eigenvalue weighted by atomic mass is 32.2. The molecule has 3 aromatic rings. The monoisotopic (exact) mass is 417 g/mol. The lowest BCUT2D eigenvalue weighted by Crippen LogP contribution is -2.27. The van der Waals surface area contributed by atoms with Crippen LogP contribution in [0.1, 0.15) is 16.7 Å². The van der Waals surface area contributed by atoms with Crippen LogP contribution in [0.2, 0.25) is 0 Å². The van der Waals surface area contributed by atoms with Gasteiger partial charge in [0.25, 0.3) is 5.91 Å². The van der Waals surface area contributed by atoms with Crippen molar-refractivity contribution >= 4 is 46.0 Å². The van der Waals surface area contributed by atoms with E-state index < -0.39 is 0 Å². The van der Waals surface area contributed by atoms with Gasteiger partial charge in [-0.1, -0.05) is 84.1 Å². The summed E-state index contributed by atoms with van der Waals surface area (Å²) in [5.74, 6) is 0.662. The Morgan fingerprint density at radius 3 is 2.52 bits per heavy atom. The molecule has 1 amide bonds. The van der Waals surface area contributed by atoms with Crippen molar-refractivity contribution in [2.45, 2.75) is 13.5 Å². The largest absolute Gasteiger partial charge is 0.489 e. The van der Waals surface area contributed by atoms with E-state index in [1.54, 1.807) is 4.90 Å². The van der Waals surface area contributed by atoms with Crippen LogP contribution in [0.15, 0.2) is 83.8 Å². The SMILES string of the molecule is Cc1ccc(COc2cccc(/C=C3\SC(=S)N(c4ccccc4)C3=O)c2)cc1. The number of carbonyl (C=O) groups is 1. The van der Waals surface area contributed by atoms with Gasteiger partial charge in [0.1, 0.15) is 12.4 Å². The highest BCUT2D eigenvalue weighted by Gasteiger charge is 2.33. The zero-order valence-electron chi connectivity index (χ0n) is 15.9. The third-order valence-electron chi connectivity index (χ3n) is 4.49. The van der Waals surface area contributed by atoms with Crippen LogP contribution in [-0.4, -0.2) is 10.2 Å². The molecule has 1 aliphatic heterocycles. The van der Waals surface area contributed by atoms with Gasteiger partial charge in [-0.2, -0.15) is 0 Å². The van der Waals surface area contributed by atoms with E-state index in [1.165, 1.54) is 17.3 Å². The van der Waals surface area contributed by atoms with Gasteiger partial charge in [-0.3, -0.25) is 9.69 Å². The fourth-order valence-electron chi connectivity index (χ4n) is 2.96. The fraction of sp³-hybridized carbons (Fsp3) is 0.0833. The number of aryl methyl sites for hydroxylation is 1. The minimum Gasteiger partial charge on any atom is -0.489 e. The quantitative estimate of drug-likeness (QED) is 0.377. The van der Waals surface area contributed by atoms with E-state index in [-0.39, 0.29) is 5.91 Å². The summed E-state index contributed by atoms with van der Waals surface area (Å²) in [4.78, 5) is 15.0. The van der Waals surface area contributed by atoms with Crippen molar-refractivity contribution in [2.24, 2.45) is 0 Å². The summed E-state index contributed by atoms with van der Waals surface area (Å²) in [6.07, 6.45) is 1.86. The smallest absolute Gasteiger partial charge is 0.270 e. The van der Waals surface area contributed by atoms with E-state index in [4.69, 9.17) is 17.0 Å². The van der Waals surface area contributed by atoms with Gasteiger partial charge in [0, 0.05) is 0 Å². The summed E-state index contributed by atoms with van der Waals surface area (Å²) >= 11 is 6.74. The predicted molar refractivity (Wildman–Crippen MR) is 124 cm³/mol. The first-order valence-electron chi connectivity index (χ1n) is 9.21. The van der Waals surface area contributed by atoms with Crippen molar-refractivity contribution in [1.29, 1.82) is 0 Å². The highest BCUT2D eigenvalue weighted by molar-refractivity contribution is 8.27. The second-order valence-electron chi connectivity index (χ2n) is 6.70. The summed E-state index contributed by atoms with van der Waals surface area (Å²) in [5, 5.41) is 0. The molecule has 144 valence electrons. The Labute approximate surface area is 180 Å². The standard InChI is InChI=1S/C24H19NO2S2/c1-17-10-12-18(13-11-17)16-27-21-9-5-6-19(14-21)15-22-23(26)25(24(28)29-22)20-7-3-2-4-8-20/h2-15H,16H2,1H3/b22-15-. The van der Waals surface area contributed by atoms with Crippen molar-refractivity contribution in [3.05, 3.63) is 100 Å². The second-order valence-corrected chi connectivity index (χ2v) is 8.38. The molecule has 0 atom stereocenters. The fourth-order valence-corrected chi connectivity index (χ4v) is 4.26. The first-order valence-corrected chi connectivity index (χ1v) is 10.4. The van der Waals surface area contributed by atoms with Gasteiger partial charge < -0.3 is 4.74 Å². The molecule has 1 saturated heterocycles. The Hall–Kier alpha value is -2.89. The van der Waals surface area contributed by atoms with Crippen LogP contribution in [0.5, 0.6) is 5.75 Å². The zero-order valence-corrected chi connectivity index (χ0v) is 17.5. The van der Waals surface area contributed by atoms with Crippen LogP contribution in [-0.2, 0) is 11.4 Å². The summed E-state index contributed by atoms with van der Waals surface area (Å²) in [6, 6.07) is 25.5. The number of thioether (sulfide) groups is 1. The normalized spacial score (nSPS) is 15.2. The van der Waals surface area contributed by atoms with E-state index in [1.807, 2.05) is 60.7 Å². The molecule has 0 bridgehead atoms. The first kappa shape index (κ1) is 19.4. The number of thiocarbonyl (C=S) groups is 1. The number of hydrogen-bond donors (Lipinski definition) is 0. The lowest BCUT2D eigenvalue weighted by atomic mass is 10.1. The van der Waals surface area contributed by atoms with Crippen molar-refractivity contribution in [3.8, 4) is 5.75 Å². The third-order valence-corrected chi connectivity index (χ3v) is 5.79. The van der Waals surface area contributed by atoms with Crippen LogP contribution < -0.4 is 9.64 Å². The summed E-state index contributed by atoms with van der Waals surface area (Å²) in [7, 11) is 0. The number of ether oxygens (including phenoxy) is 1. The highest BCUT2D eigenvalue weighted by Crippen LogP contribution is 2.36. The predicted octanol–water partition coefficient (Wildman–Crippen LogP) is 5.98. The third kappa shape index (κ3) is 4.58. The van der Waals surface area contributed by atoms with E-state index in [9.17, 15) is 4.79 Å². The van der Waals surface area contributed by atoms with Gasteiger partial charge in [0.15, 0.2) is 4.32 Å². The number of amides is 1. The molecule has 0 N–H and O–H groups in total. The number of benzene rings is 3. The first-order chi connectivity index (χ1) is 14.1. The van der Waals surface area contributed by atoms with Crippen molar-refractivity contribution in [3.63, 3.8) is 0 Å². The van der Waals surface area contributed by atoms with Gasteiger partial charge >= 0.3 is 0 Å². The van der Waals surface area contributed by atoms with Crippen LogP contribution in [0.25, 0.3) is 6.08 Å². The molecule has 0 aromatic heterocycles. The Balaban J connectivity index is 1.50. The molecule has 4 rings (SSSR count). The van der Waals surface area contributed by atoms with Gasteiger partial charge in [-0.05, 0) is 48.4 Å². The molecule has 5 heteroatoms. The molecule has 0 radical (unpaired) electrons. The number of anilines is 1. The Bertz CT molecular complexity index is 1080. The minimum atomic E-state index is -0.0998. The number of carbonyl (C=O) groups excluding carboxylic acids is 1. The summed E-state index contributed by atoms with van der Waals surface area (Å²) in [5.41, 5.74) is 4.03. The maximum absolute atomic E-state index is 12.9. The van der Waals surface area contributed by atoms with Crippen molar-refractivity contribution in [2.75, 3.05) is 4.90 Å². The average Bonchev–Trinajstić information content (AvgIpc) is 3.01. The van der Waals surface area contributed by atoms with Gasteiger partial charge in [-0.25, -0.2) is 0 Å². The van der Waals surface area contributed by atoms with E-state index >= 15 is 0 Å². The number of para-hydroxylation sites is 1. The number of rotatable bonds is 5. The average molecular weight is 418 g/mol. The van der Waals surface area contributed by atoms with E-state index in [2.05, 4.69) is 31.2 Å². The van der Waals surface area contributed by atoms with E-state index in [0.717, 1.165) is 22.6 Å². The Morgan fingerprint density at radius 2 is 1.76 bits per heavy atom. The lowest BCUT2D eigenvalue weighted by molar-refractivity contribution is -0.113. The molecule has 0 unspecified atom stereocenters. The Morgan fingerprint density at radius 1 is 1.00 bits per heavy atom. The number of hydrogen-bond acceptors (Lipinski definition) is 4. The molecule has 1 fully saturated rings. The molecule has 29 heavy (non-hydrogen) atoms. The maximum Gasteiger partial charge on any atom is 0.270 e. The molecule has 0 spiro atoms. The maximum atomic E-state index is 12.9. The molecule has 3 nitrogen and oxygen atoms in total. The van der Waals surface area contributed by atoms with Crippen LogP contribution in [0.4, 0.5) is 5.69 Å². The second kappa shape index (κ2) is 8.64. The lowest BCUT2D eigenvalue weighted by Gasteiger charge is -2.13. The molecule has 3 aromatic carbocycles. The molecular weight excluding hydrogens is 398 g/mol. The number of nitrogens with zero attached hydrogens (tertiary/aromatic N) is 1. The molecule has 0 aliphatic carbocycles. The topological polar surface area (TPSA) is 29.5 Å². The summed E-state index contributed by atoms with van der Waals surface area (Å²) < 4.78 is 6.46. The van der Waals surface area contributed by atoms with Gasteiger partial charge in [-0.15, -0.1) is 0 Å². The van der Waals surface area contributed by atoms with Gasteiger partial charge in [0.05, 0.1) is 10.6 Å².